The van der Waals surface area contributed by atoms with Crippen LogP contribution in [0.4, 0.5) is 0 Å². The molecule has 1 unspecified atom stereocenters. The molecule has 2 heterocycles. The number of morpholine rings is 1. The summed E-state index contributed by atoms with van der Waals surface area (Å²) in [7, 11) is 0. The lowest BCUT2D eigenvalue weighted by atomic mass is 9.97. The van der Waals surface area contributed by atoms with E-state index in [0.717, 1.165) is 70.0 Å². The molecule has 6 heteroatoms. The molecule has 1 atom stereocenters. The van der Waals surface area contributed by atoms with Crippen molar-refractivity contribution in [2.75, 3.05) is 39.4 Å². The second kappa shape index (κ2) is 10.9. The third-order valence-corrected chi connectivity index (χ3v) is 5.24. The molecule has 1 amide bonds. The van der Waals surface area contributed by atoms with Crippen molar-refractivity contribution in [1.82, 2.24) is 9.80 Å². The van der Waals surface area contributed by atoms with Crippen LogP contribution in [0.15, 0.2) is 24.3 Å². The Kier molecular flexibility index (Phi) is 8.87. The van der Waals surface area contributed by atoms with Crippen LogP contribution < -0.4 is 4.74 Å². The minimum atomic E-state index is 0. The Balaban J connectivity index is 0.00000261. The van der Waals surface area contributed by atoms with Crippen molar-refractivity contribution in [2.24, 2.45) is 0 Å². The molecular formula is C21H33ClN2O3. The first-order chi connectivity index (χ1) is 12.6. The Hall–Kier alpha value is -1.30. The van der Waals surface area contributed by atoms with E-state index in [1.54, 1.807) is 0 Å². The van der Waals surface area contributed by atoms with Gasteiger partial charge in [0.05, 0.1) is 19.3 Å². The molecule has 2 aliphatic heterocycles. The van der Waals surface area contributed by atoms with Crippen LogP contribution in [0.1, 0.15) is 49.9 Å². The predicted octanol–water partition coefficient (Wildman–Crippen LogP) is 3.61. The van der Waals surface area contributed by atoms with E-state index in [0.29, 0.717) is 6.04 Å². The molecule has 0 N–H and O–H groups in total. The van der Waals surface area contributed by atoms with Crippen molar-refractivity contribution in [3.05, 3.63) is 29.8 Å². The van der Waals surface area contributed by atoms with Gasteiger partial charge in [0, 0.05) is 37.8 Å². The van der Waals surface area contributed by atoms with E-state index >= 15 is 0 Å². The zero-order chi connectivity index (χ0) is 18.4. The van der Waals surface area contributed by atoms with Crippen LogP contribution in [0.3, 0.4) is 0 Å². The molecule has 2 aliphatic rings. The van der Waals surface area contributed by atoms with Crippen LogP contribution in [0, 0.1) is 0 Å². The first-order valence-corrected chi connectivity index (χ1v) is 10.0. The maximum Gasteiger partial charge on any atom is 0.254 e. The third-order valence-electron chi connectivity index (χ3n) is 5.24. The minimum Gasteiger partial charge on any atom is -0.491 e. The summed E-state index contributed by atoms with van der Waals surface area (Å²) in [5.74, 6) is 0.979. The van der Waals surface area contributed by atoms with E-state index in [-0.39, 0.29) is 24.4 Å². The van der Waals surface area contributed by atoms with E-state index in [1.807, 2.05) is 38.1 Å². The first-order valence-electron chi connectivity index (χ1n) is 10.0. The molecule has 5 nitrogen and oxygen atoms in total. The average Bonchev–Trinajstić information content (AvgIpc) is 2.67. The summed E-state index contributed by atoms with van der Waals surface area (Å²) in [4.78, 5) is 17.6. The van der Waals surface area contributed by atoms with Crippen molar-refractivity contribution >= 4 is 18.3 Å². The number of carbonyl (C=O) groups excluding carboxylic acids is 1. The Labute approximate surface area is 169 Å². The van der Waals surface area contributed by atoms with Gasteiger partial charge in [-0.05, 0) is 63.8 Å². The molecule has 0 spiro atoms. The summed E-state index contributed by atoms with van der Waals surface area (Å²) in [6.07, 6.45) is 4.64. The number of nitrogens with zero attached hydrogens (tertiary/aromatic N) is 2. The number of benzene rings is 1. The summed E-state index contributed by atoms with van der Waals surface area (Å²) in [6.45, 7) is 9.62. The number of likely N-dealkylation sites (tertiary alicyclic amines) is 1. The fourth-order valence-corrected chi connectivity index (χ4v) is 3.84. The summed E-state index contributed by atoms with van der Waals surface area (Å²) in [6, 6.07) is 7.95. The number of amides is 1. The second-order valence-electron chi connectivity index (χ2n) is 7.58. The summed E-state index contributed by atoms with van der Waals surface area (Å²) >= 11 is 0. The predicted molar refractivity (Wildman–Crippen MR) is 110 cm³/mol. The van der Waals surface area contributed by atoms with Crippen molar-refractivity contribution in [3.8, 4) is 5.75 Å². The van der Waals surface area contributed by atoms with Gasteiger partial charge < -0.3 is 14.4 Å². The van der Waals surface area contributed by atoms with E-state index in [2.05, 4.69) is 9.80 Å². The lowest BCUT2D eigenvalue weighted by Gasteiger charge is -2.37. The number of hydrogen-bond acceptors (Lipinski definition) is 4. The number of rotatable bonds is 6. The Bertz CT molecular complexity index is 573. The van der Waals surface area contributed by atoms with Gasteiger partial charge in [0.1, 0.15) is 5.75 Å². The van der Waals surface area contributed by atoms with Crippen molar-refractivity contribution in [3.63, 3.8) is 0 Å². The molecule has 1 aromatic carbocycles. The summed E-state index contributed by atoms with van der Waals surface area (Å²) in [5.41, 5.74) is 0.763. The van der Waals surface area contributed by atoms with Gasteiger partial charge in [-0.3, -0.25) is 9.69 Å². The molecule has 2 saturated heterocycles. The van der Waals surface area contributed by atoms with E-state index in [9.17, 15) is 4.79 Å². The molecule has 1 aromatic rings. The number of hydrogen-bond donors (Lipinski definition) is 0. The quantitative estimate of drug-likeness (QED) is 0.736. The monoisotopic (exact) mass is 396 g/mol. The van der Waals surface area contributed by atoms with Gasteiger partial charge in [-0.1, -0.05) is 0 Å². The molecule has 0 aromatic heterocycles. The molecule has 0 radical (unpaired) electrons. The molecule has 0 aliphatic carbocycles. The maximum absolute atomic E-state index is 13.0. The molecular weight excluding hydrogens is 364 g/mol. The van der Waals surface area contributed by atoms with Gasteiger partial charge in [0.25, 0.3) is 5.91 Å². The maximum atomic E-state index is 13.0. The lowest BCUT2D eigenvalue weighted by molar-refractivity contribution is 0.0295. The van der Waals surface area contributed by atoms with Gasteiger partial charge in [-0.15, -0.1) is 12.4 Å². The number of halogens is 1. The number of piperidine rings is 1. The fourth-order valence-electron chi connectivity index (χ4n) is 3.84. The molecule has 152 valence electrons. The SMILES string of the molecule is CC(C)Oc1ccc(C(=O)N2CCCCC2CCN2CCOCC2)cc1.Cl. The van der Waals surface area contributed by atoms with Crippen molar-refractivity contribution < 1.29 is 14.3 Å². The van der Waals surface area contributed by atoms with Gasteiger partial charge in [-0.25, -0.2) is 0 Å². The fraction of sp³-hybridized carbons (Fsp3) is 0.667. The highest BCUT2D eigenvalue weighted by molar-refractivity contribution is 5.94. The molecule has 3 rings (SSSR count). The Morgan fingerprint density at radius 3 is 2.52 bits per heavy atom. The minimum absolute atomic E-state index is 0. The van der Waals surface area contributed by atoms with Crippen molar-refractivity contribution in [2.45, 2.75) is 51.7 Å². The summed E-state index contributed by atoms with van der Waals surface area (Å²) in [5, 5.41) is 0. The van der Waals surface area contributed by atoms with Crippen LogP contribution in [-0.4, -0.2) is 67.2 Å². The van der Waals surface area contributed by atoms with E-state index in [4.69, 9.17) is 9.47 Å². The lowest BCUT2D eigenvalue weighted by Crippen LogP contribution is -2.46. The topological polar surface area (TPSA) is 42.0 Å². The van der Waals surface area contributed by atoms with Crippen LogP contribution in [0.25, 0.3) is 0 Å². The van der Waals surface area contributed by atoms with Crippen LogP contribution in [0.5, 0.6) is 5.75 Å². The Morgan fingerprint density at radius 2 is 1.85 bits per heavy atom. The highest BCUT2D eigenvalue weighted by Crippen LogP contribution is 2.23. The highest BCUT2D eigenvalue weighted by Gasteiger charge is 2.28. The van der Waals surface area contributed by atoms with Crippen LogP contribution in [0.2, 0.25) is 0 Å². The zero-order valence-electron chi connectivity index (χ0n) is 16.6. The summed E-state index contributed by atoms with van der Waals surface area (Å²) < 4.78 is 11.1. The van der Waals surface area contributed by atoms with Gasteiger partial charge >= 0.3 is 0 Å². The Morgan fingerprint density at radius 1 is 1.15 bits per heavy atom. The largest absolute Gasteiger partial charge is 0.491 e. The zero-order valence-corrected chi connectivity index (χ0v) is 17.4. The smallest absolute Gasteiger partial charge is 0.254 e. The molecule has 0 bridgehead atoms. The van der Waals surface area contributed by atoms with Crippen LogP contribution in [-0.2, 0) is 4.74 Å². The van der Waals surface area contributed by atoms with Gasteiger partial charge in [-0.2, -0.15) is 0 Å². The molecule has 2 fully saturated rings. The van der Waals surface area contributed by atoms with Gasteiger partial charge in [0.15, 0.2) is 0 Å². The number of ether oxygens (including phenoxy) is 2. The average molecular weight is 397 g/mol. The van der Waals surface area contributed by atoms with E-state index in [1.165, 1.54) is 6.42 Å². The van der Waals surface area contributed by atoms with Crippen molar-refractivity contribution in [1.29, 1.82) is 0 Å². The van der Waals surface area contributed by atoms with Gasteiger partial charge in [0.2, 0.25) is 0 Å². The normalized spacial score (nSPS) is 21.0. The third kappa shape index (κ3) is 6.37. The number of carbonyl (C=O) groups is 1. The van der Waals surface area contributed by atoms with E-state index < -0.39 is 0 Å². The molecule has 0 saturated carbocycles. The van der Waals surface area contributed by atoms with Crippen LogP contribution >= 0.6 is 12.4 Å². The second-order valence-corrected chi connectivity index (χ2v) is 7.58. The highest BCUT2D eigenvalue weighted by atomic mass is 35.5. The standard InChI is InChI=1S/C21H32N2O3.ClH/c1-17(2)26-20-8-6-18(7-9-20)21(24)23-11-4-3-5-19(23)10-12-22-13-15-25-16-14-22;/h6-9,17,19H,3-5,10-16H2,1-2H3;1H. The molecule has 27 heavy (non-hydrogen) atoms. The first kappa shape index (κ1) is 22.0.